The second-order valence-electron chi connectivity index (χ2n) is 4.08. The Balaban J connectivity index is 0.000000497. The van der Waals surface area contributed by atoms with Crippen LogP contribution in [0.3, 0.4) is 0 Å². The van der Waals surface area contributed by atoms with Crippen LogP contribution in [-0.2, 0) is 25.2 Å². The first-order valence-corrected chi connectivity index (χ1v) is 25.4. The van der Waals surface area contributed by atoms with Crippen LogP contribution in [0.25, 0.3) is 10.9 Å². The number of hydrogen-bond acceptors (Lipinski definition) is 3. The maximum atomic E-state index is 4.46. The van der Waals surface area contributed by atoms with E-state index >= 15 is 0 Å². The number of thioether (sulfide) groups is 1. The van der Waals surface area contributed by atoms with E-state index in [1.165, 1.54) is 15.8 Å². The Morgan fingerprint density at radius 1 is 0.952 bits per heavy atom. The van der Waals surface area contributed by atoms with Gasteiger partial charge in [-0.05, 0) is 29.8 Å². The van der Waals surface area contributed by atoms with E-state index in [4.69, 9.17) is 0 Å². The second kappa shape index (κ2) is 9.91. The number of aromatic nitrogens is 2. The minimum Gasteiger partial charge on any atom is -0.265 e. The largest absolute Gasteiger partial charge is 0.265 e. The van der Waals surface area contributed by atoms with Gasteiger partial charge in [0.05, 0.1) is 5.52 Å². The van der Waals surface area contributed by atoms with Crippen molar-refractivity contribution in [3.8, 4) is 0 Å². The predicted molar refractivity (Wildman–Crippen MR) is 93.4 cm³/mol. The number of pyridine rings is 2. The molecule has 1 aromatic carbocycles. The third kappa shape index (κ3) is 5.61. The normalized spacial score (nSPS) is 9.62. The van der Waals surface area contributed by atoms with Crippen molar-refractivity contribution in [3.63, 3.8) is 0 Å². The van der Waals surface area contributed by atoms with Crippen molar-refractivity contribution in [1.82, 2.24) is 9.97 Å². The summed E-state index contributed by atoms with van der Waals surface area (Å²) in [6.45, 7) is 0. The summed E-state index contributed by atoms with van der Waals surface area (Å²) in [6.07, 6.45) is 5.51. The third-order valence-corrected chi connectivity index (χ3v) is 3.86. The molecule has 0 N–H and O–H groups in total. The van der Waals surface area contributed by atoms with Crippen LogP contribution in [-0.4, -0.2) is 9.97 Å². The summed E-state index contributed by atoms with van der Waals surface area (Å²) in [5.41, 5.74) is 2.36. The van der Waals surface area contributed by atoms with Gasteiger partial charge in [0, 0.05) is 34.6 Å². The summed E-state index contributed by atoms with van der Waals surface area (Å²) in [5.74, 6) is 0.943. The van der Waals surface area contributed by atoms with Crippen molar-refractivity contribution in [2.24, 2.45) is 0 Å². The molecule has 0 atom stereocenters. The van der Waals surface area contributed by atoms with Crippen LogP contribution in [0, 0.1) is 0 Å². The standard InChI is InChI=1S/C15H12N2S.2BrH.Cd/c1-3-13-4-2-8-17-15(13)14(5-1)18-11-12-6-9-16-10-7-12;;;/h1-10H,11H2;2*1H;/q;;;+2/p-2. The SMILES string of the molecule is [Br][Cd][Br].c1cnc2c(SCc3ccncc3)cccc2c1. The molecule has 0 unspecified atom stereocenters. The van der Waals surface area contributed by atoms with Gasteiger partial charge in [0.2, 0.25) is 0 Å². The number of hydrogen-bond donors (Lipinski definition) is 0. The summed E-state index contributed by atoms with van der Waals surface area (Å²) < 4.78 is 0. The molecule has 0 saturated heterocycles. The Kier molecular flexibility index (Phi) is 8.20. The van der Waals surface area contributed by atoms with E-state index < -0.39 is 0 Å². The quantitative estimate of drug-likeness (QED) is 0.329. The maximum absolute atomic E-state index is 4.46. The average molecular weight is 525 g/mol. The molecule has 6 heteroatoms. The smallest absolute Gasteiger partial charge is 0.0837 e. The molecule has 0 bridgehead atoms. The molecule has 0 saturated carbocycles. The van der Waals surface area contributed by atoms with Crippen LogP contribution in [0.5, 0.6) is 0 Å². The Morgan fingerprint density at radius 2 is 1.67 bits per heavy atom. The van der Waals surface area contributed by atoms with Crippen molar-refractivity contribution >= 4 is 46.6 Å². The van der Waals surface area contributed by atoms with E-state index in [1.807, 2.05) is 48.6 Å². The van der Waals surface area contributed by atoms with E-state index in [9.17, 15) is 0 Å². The molecule has 2 heterocycles. The first-order chi connectivity index (χ1) is 10.3. The fourth-order valence-electron chi connectivity index (χ4n) is 1.83. The van der Waals surface area contributed by atoms with Crippen LogP contribution in [0.2, 0.25) is 0 Å². The number of fused-ring (bicyclic) bond motifs is 1. The van der Waals surface area contributed by atoms with Gasteiger partial charge in [-0.3, -0.25) is 9.97 Å². The Hall–Kier alpha value is 0.0121. The van der Waals surface area contributed by atoms with Crippen LogP contribution in [0.1, 0.15) is 5.56 Å². The number of nitrogens with zero attached hydrogens (tertiary/aromatic N) is 2. The topological polar surface area (TPSA) is 25.8 Å². The van der Waals surface area contributed by atoms with Crippen molar-refractivity contribution in [3.05, 3.63) is 66.6 Å². The molecule has 0 aliphatic heterocycles. The second-order valence-corrected chi connectivity index (χ2v) is 23.3. The first-order valence-electron chi connectivity index (χ1n) is 6.32. The summed E-state index contributed by atoms with van der Waals surface area (Å²) in [6, 6.07) is 14.5. The summed E-state index contributed by atoms with van der Waals surface area (Å²) in [7, 11) is 0. The molecular formula is C15H12Br2CdN2S. The Bertz CT molecular complexity index is 677. The number of benzene rings is 1. The molecule has 3 rings (SSSR count). The maximum Gasteiger partial charge on any atom is 0.0837 e. The van der Waals surface area contributed by atoms with E-state index in [0.29, 0.717) is 0 Å². The third-order valence-electron chi connectivity index (χ3n) is 2.74. The summed E-state index contributed by atoms with van der Waals surface area (Å²) >= 11 is 7.97. The molecule has 0 aliphatic carbocycles. The fraction of sp³-hybridized carbons (Fsp3) is 0.0667. The van der Waals surface area contributed by atoms with Crippen molar-refractivity contribution in [1.29, 1.82) is 0 Å². The van der Waals surface area contributed by atoms with Gasteiger partial charge in [0.1, 0.15) is 0 Å². The van der Waals surface area contributed by atoms with Crippen LogP contribution < -0.4 is 0 Å². The van der Waals surface area contributed by atoms with E-state index in [-0.39, 0.29) is 19.4 Å². The first kappa shape index (κ1) is 17.4. The van der Waals surface area contributed by atoms with Gasteiger partial charge in [-0.15, -0.1) is 11.8 Å². The van der Waals surface area contributed by atoms with E-state index in [2.05, 4.69) is 58.2 Å². The summed E-state index contributed by atoms with van der Waals surface area (Å²) in [4.78, 5) is 9.72. The van der Waals surface area contributed by atoms with Gasteiger partial charge >= 0.3 is 43.4 Å². The van der Waals surface area contributed by atoms with Gasteiger partial charge in [-0.2, -0.15) is 0 Å². The average Bonchev–Trinajstić information content (AvgIpc) is 2.54. The van der Waals surface area contributed by atoms with Crippen LogP contribution in [0.15, 0.2) is 66.0 Å². The van der Waals surface area contributed by atoms with Crippen molar-refractivity contribution in [2.75, 3.05) is 0 Å². The van der Waals surface area contributed by atoms with Gasteiger partial charge in [0.15, 0.2) is 0 Å². The molecule has 0 radical (unpaired) electrons. The van der Waals surface area contributed by atoms with Crippen LogP contribution >= 0.6 is 35.7 Å². The van der Waals surface area contributed by atoms with Crippen molar-refractivity contribution < 1.29 is 19.4 Å². The molecule has 2 aromatic heterocycles. The number of para-hydroxylation sites is 1. The molecule has 0 spiro atoms. The van der Waals surface area contributed by atoms with Gasteiger partial charge in [-0.25, -0.2) is 0 Å². The van der Waals surface area contributed by atoms with Gasteiger partial charge < -0.3 is 0 Å². The molecular weight excluding hydrogens is 512 g/mol. The summed E-state index contributed by atoms with van der Waals surface area (Å²) in [5, 5.41) is 1.19. The fourth-order valence-corrected chi connectivity index (χ4v) is 2.83. The van der Waals surface area contributed by atoms with E-state index in [1.54, 1.807) is 0 Å². The predicted octanol–water partition coefficient (Wildman–Crippen LogP) is 5.61. The molecule has 2 nitrogen and oxygen atoms in total. The molecule has 0 aliphatic rings. The minimum absolute atomic E-state index is 0.385. The molecule has 0 fully saturated rings. The zero-order valence-corrected chi connectivity index (χ0v) is 19.3. The Morgan fingerprint density at radius 3 is 2.43 bits per heavy atom. The van der Waals surface area contributed by atoms with Crippen LogP contribution in [0.4, 0.5) is 0 Å². The molecule has 21 heavy (non-hydrogen) atoms. The van der Waals surface area contributed by atoms with Gasteiger partial charge in [0.25, 0.3) is 0 Å². The molecule has 0 amide bonds. The molecule has 3 aromatic rings. The zero-order valence-electron chi connectivity index (χ0n) is 11.2. The monoisotopic (exact) mass is 524 g/mol. The van der Waals surface area contributed by atoms with E-state index in [0.717, 1.165) is 11.3 Å². The zero-order chi connectivity index (χ0) is 14.9. The van der Waals surface area contributed by atoms with Crippen molar-refractivity contribution in [2.45, 2.75) is 10.6 Å². The number of rotatable bonds is 3. The van der Waals surface area contributed by atoms with Gasteiger partial charge in [-0.1, -0.05) is 18.2 Å². The minimum atomic E-state index is -0.385. The number of halogens is 2. The molecule has 104 valence electrons. The Labute approximate surface area is 152 Å².